The van der Waals surface area contributed by atoms with Gasteiger partial charge in [0.2, 0.25) is 0 Å². The summed E-state index contributed by atoms with van der Waals surface area (Å²) >= 11 is 0. The molecule has 0 N–H and O–H groups in total. The van der Waals surface area contributed by atoms with Gasteiger partial charge in [-0.3, -0.25) is 0 Å². The highest BCUT2D eigenvalue weighted by molar-refractivity contribution is 5.98. The Balaban J connectivity index is 0.0000000993. The maximum Gasteiger partial charge on any atom is -0.00763 e. The second kappa shape index (κ2) is 10.7. The van der Waals surface area contributed by atoms with Crippen molar-refractivity contribution < 1.29 is 0 Å². The summed E-state index contributed by atoms with van der Waals surface area (Å²) < 4.78 is 0. The monoisotopic (exact) mass is 510 g/mol. The zero-order valence-electron chi connectivity index (χ0n) is 22.4. The van der Waals surface area contributed by atoms with E-state index in [-0.39, 0.29) is 0 Å². The second-order valence-corrected chi connectivity index (χ2v) is 10.5. The van der Waals surface area contributed by atoms with E-state index in [0.29, 0.717) is 0 Å². The fourth-order valence-electron chi connectivity index (χ4n) is 6.03. The molecule has 190 valence electrons. The molecule has 7 aromatic rings. The molecule has 0 saturated heterocycles. The maximum atomic E-state index is 2.24. The van der Waals surface area contributed by atoms with Crippen LogP contribution in [-0.2, 0) is 12.8 Å². The summed E-state index contributed by atoms with van der Waals surface area (Å²) in [5.41, 5.74) is 5.63. The second-order valence-electron chi connectivity index (χ2n) is 10.5. The van der Waals surface area contributed by atoms with E-state index in [0.717, 1.165) is 12.8 Å². The van der Waals surface area contributed by atoms with Crippen molar-refractivity contribution in [3.63, 3.8) is 0 Å². The molecule has 0 nitrogen and oxygen atoms in total. The number of hydrogen-bond acceptors (Lipinski definition) is 0. The Morgan fingerprint density at radius 1 is 0.325 bits per heavy atom. The third-order valence-corrected chi connectivity index (χ3v) is 7.93. The molecule has 2 aliphatic rings. The Bertz CT molecular complexity index is 1840. The number of benzene rings is 7. The van der Waals surface area contributed by atoms with E-state index in [1.165, 1.54) is 65.3 Å². The first-order chi connectivity index (χ1) is 19.8. The molecule has 2 aliphatic carbocycles. The van der Waals surface area contributed by atoms with Crippen molar-refractivity contribution in [2.45, 2.75) is 12.8 Å². The first-order valence-corrected chi connectivity index (χ1v) is 14.1. The molecule has 0 fully saturated rings. The summed E-state index contributed by atoms with van der Waals surface area (Å²) in [4.78, 5) is 0. The molecular formula is C40H30. The highest BCUT2D eigenvalue weighted by Gasteiger charge is 2.07. The molecule has 0 spiro atoms. The lowest BCUT2D eigenvalue weighted by molar-refractivity contribution is 1.29. The maximum absolute atomic E-state index is 2.24. The van der Waals surface area contributed by atoms with Gasteiger partial charge in [-0.2, -0.15) is 0 Å². The minimum Gasteiger partial charge on any atom is -0.0795 e. The number of rotatable bonds is 0. The van der Waals surface area contributed by atoms with Crippen LogP contribution in [0.5, 0.6) is 0 Å². The van der Waals surface area contributed by atoms with Gasteiger partial charge in [-0.1, -0.05) is 146 Å². The van der Waals surface area contributed by atoms with Crippen molar-refractivity contribution >= 4 is 55.2 Å². The highest BCUT2D eigenvalue weighted by Crippen LogP contribution is 2.29. The SMILES string of the molecule is C1=Cc2cccc3cccc(c23)C1.C1=Cc2cccc3cccc(c23)C1.c1ccc2cc3ccccc3cc2c1. The van der Waals surface area contributed by atoms with E-state index in [9.17, 15) is 0 Å². The van der Waals surface area contributed by atoms with E-state index < -0.39 is 0 Å². The fraction of sp³-hybridized carbons (Fsp3) is 0.0500. The van der Waals surface area contributed by atoms with Crippen LogP contribution in [0.25, 0.3) is 55.2 Å². The van der Waals surface area contributed by atoms with E-state index in [1.54, 1.807) is 0 Å². The third-order valence-electron chi connectivity index (χ3n) is 7.93. The summed E-state index contributed by atoms with van der Waals surface area (Å²) in [5.74, 6) is 0. The summed E-state index contributed by atoms with van der Waals surface area (Å²) in [6.45, 7) is 0. The van der Waals surface area contributed by atoms with Crippen LogP contribution in [0.3, 0.4) is 0 Å². The van der Waals surface area contributed by atoms with Crippen LogP contribution >= 0.6 is 0 Å². The van der Waals surface area contributed by atoms with Crippen molar-refractivity contribution in [2.75, 3.05) is 0 Å². The van der Waals surface area contributed by atoms with Gasteiger partial charge in [-0.25, -0.2) is 0 Å². The lowest BCUT2D eigenvalue weighted by Gasteiger charge is -2.11. The van der Waals surface area contributed by atoms with Crippen molar-refractivity contribution in [3.8, 4) is 0 Å². The largest absolute Gasteiger partial charge is 0.0795 e. The van der Waals surface area contributed by atoms with E-state index in [4.69, 9.17) is 0 Å². The topological polar surface area (TPSA) is 0 Å². The summed E-state index contributed by atoms with van der Waals surface area (Å²) in [6.07, 6.45) is 11.1. The Hall–Kier alpha value is -4.94. The molecule has 0 unspecified atom stereocenters. The summed E-state index contributed by atoms with van der Waals surface area (Å²) in [7, 11) is 0. The van der Waals surface area contributed by atoms with Crippen molar-refractivity contribution in [1.29, 1.82) is 0 Å². The number of hydrogen-bond donors (Lipinski definition) is 0. The van der Waals surface area contributed by atoms with E-state index in [2.05, 4.69) is 158 Å². The van der Waals surface area contributed by atoms with Gasteiger partial charge in [0, 0.05) is 0 Å². The van der Waals surface area contributed by atoms with Gasteiger partial charge in [0.15, 0.2) is 0 Å². The summed E-state index contributed by atoms with van der Waals surface area (Å²) in [6, 6.07) is 47.5. The molecule has 9 rings (SSSR count). The highest BCUT2D eigenvalue weighted by atomic mass is 14.1. The molecule has 0 saturated carbocycles. The molecule has 0 aliphatic heterocycles. The molecule has 0 atom stereocenters. The van der Waals surface area contributed by atoms with Crippen molar-refractivity contribution in [3.05, 3.63) is 168 Å². The van der Waals surface area contributed by atoms with Crippen LogP contribution in [0.2, 0.25) is 0 Å². The minimum absolute atomic E-state index is 1.08. The van der Waals surface area contributed by atoms with Crippen LogP contribution in [0.4, 0.5) is 0 Å². The zero-order valence-corrected chi connectivity index (χ0v) is 22.4. The van der Waals surface area contributed by atoms with E-state index in [1.807, 2.05) is 0 Å². The molecule has 0 amide bonds. The van der Waals surface area contributed by atoms with Gasteiger partial charge < -0.3 is 0 Å². The molecule has 0 radical (unpaired) electrons. The van der Waals surface area contributed by atoms with Gasteiger partial charge in [-0.05, 0) is 90.3 Å². The zero-order chi connectivity index (χ0) is 26.7. The molecule has 0 heteroatoms. The van der Waals surface area contributed by atoms with Gasteiger partial charge >= 0.3 is 0 Å². The first kappa shape index (κ1) is 24.1. The molecular weight excluding hydrogens is 480 g/mol. The van der Waals surface area contributed by atoms with Gasteiger partial charge in [0.05, 0.1) is 0 Å². The average molecular weight is 511 g/mol. The molecule has 0 aromatic heterocycles. The average Bonchev–Trinajstić information content (AvgIpc) is 3.02. The lowest BCUT2D eigenvalue weighted by Crippen LogP contribution is -1.91. The Morgan fingerprint density at radius 2 is 0.675 bits per heavy atom. The van der Waals surface area contributed by atoms with Crippen LogP contribution in [-0.4, -0.2) is 0 Å². The normalized spacial score (nSPS) is 12.6. The minimum atomic E-state index is 1.08. The molecule has 7 aromatic carbocycles. The van der Waals surface area contributed by atoms with Crippen LogP contribution < -0.4 is 0 Å². The summed E-state index contributed by atoms with van der Waals surface area (Å²) in [5, 5.41) is 10.8. The van der Waals surface area contributed by atoms with Crippen LogP contribution in [0.15, 0.2) is 146 Å². The Morgan fingerprint density at radius 3 is 1.07 bits per heavy atom. The number of allylic oxidation sites excluding steroid dienone is 2. The van der Waals surface area contributed by atoms with Gasteiger partial charge in [0.25, 0.3) is 0 Å². The van der Waals surface area contributed by atoms with Crippen LogP contribution in [0, 0.1) is 0 Å². The molecule has 40 heavy (non-hydrogen) atoms. The predicted molar refractivity (Wildman–Crippen MR) is 175 cm³/mol. The quantitative estimate of drug-likeness (QED) is 0.178. The fourth-order valence-corrected chi connectivity index (χ4v) is 6.03. The van der Waals surface area contributed by atoms with Gasteiger partial charge in [0.1, 0.15) is 0 Å². The Kier molecular flexibility index (Phi) is 6.44. The number of fused-ring (bicyclic) bond motifs is 2. The lowest BCUT2D eigenvalue weighted by atomic mass is 9.93. The standard InChI is InChI=1S/C14H10.2C13H10/c1-2-6-12-10-14-8-4-3-7-13(14)9-11(12)5-1;2*1-4-10-6-2-8-12-9-3-7-11(5-1)13(10)12/h1-10H;2*1-8H,9H2. The van der Waals surface area contributed by atoms with Crippen LogP contribution in [0.1, 0.15) is 22.3 Å². The smallest absolute Gasteiger partial charge is 0.00763 e. The molecule has 0 heterocycles. The molecule has 0 bridgehead atoms. The Labute approximate surface area is 235 Å². The van der Waals surface area contributed by atoms with Gasteiger partial charge in [-0.15, -0.1) is 0 Å². The van der Waals surface area contributed by atoms with E-state index >= 15 is 0 Å². The predicted octanol–water partition coefficient (Wildman–Crippen LogP) is 10.8. The third kappa shape index (κ3) is 4.70. The van der Waals surface area contributed by atoms with Crippen molar-refractivity contribution in [1.82, 2.24) is 0 Å². The first-order valence-electron chi connectivity index (χ1n) is 14.1. The van der Waals surface area contributed by atoms with Crippen molar-refractivity contribution in [2.24, 2.45) is 0 Å².